The van der Waals surface area contributed by atoms with E-state index < -0.39 is 0 Å². The van der Waals surface area contributed by atoms with Crippen molar-refractivity contribution in [1.29, 1.82) is 0 Å². The van der Waals surface area contributed by atoms with E-state index in [1.54, 1.807) is 12.1 Å². The molecule has 0 aromatic heterocycles. The Morgan fingerprint density at radius 1 is 1.15 bits per heavy atom. The van der Waals surface area contributed by atoms with Gasteiger partial charge in [-0.2, -0.15) is 0 Å². The van der Waals surface area contributed by atoms with E-state index in [0.29, 0.717) is 12.8 Å². The van der Waals surface area contributed by atoms with E-state index in [1.807, 2.05) is 0 Å². The molecule has 1 rings (SSSR count). The minimum absolute atomic E-state index is 0.0870. The molecule has 0 bridgehead atoms. The first kappa shape index (κ1) is 10.6. The molecule has 0 saturated heterocycles. The van der Waals surface area contributed by atoms with E-state index in [9.17, 15) is 5.11 Å². The monoisotopic (exact) mass is 220 g/mol. The lowest BCUT2D eigenvalue weighted by molar-refractivity contribution is 0.288. The van der Waals surface area contributed by atoms with Crippen LogP contribution in [0.1, 0.15) is 12.0 Å². The Labute approximate surface area is 86.7 Å². The van der Waals surface area contributed by atoms with Gasteiger partial charge in [-0.25, -0.2) is 0 Å². The first-order valence-corrected chi connectivity index (χ1v) is 4.68. The molecule has 1 aromatic carbocycles. The summed E-state index contributed by atoms with van der Waals surface area (Å²) in [5, 5.41) is 18.3. The van der Waals surface area contributed by atoms with Gasteiger partial charge in [0.05, 0.1) is 10.0 Å². The molecular formula is C9H10Cl2O2. The molecule has 4 heteroatoms. The number of benzene rings is 1. The summed E-state index contributed by atoms with van der Waals surface area (Å²) in [5.41, 5.74) is 0.918. The Kier molecular flexibility index (Phi) is 3.85. The van der Waals surface area contributed by atoms with Crippen molar-refractivity contribution in [3.8, 4) is 5.75 Å². The highest BCUT2D eigenvalue weighted by Crippen LogP contribution is 2.32. The minimum Gasteiger partial charge on any atom is -0.505 e. The van der Waals surface area contributed by atoms with E-state index in [-0.39, 0.29) is 22.4 Å². The van der Waals surface area contributed by atoms with Gasteiger partial charge in [0.25, 0.3) is 0 Å². The summed E-state index contributed by atoms with van der Waals surface area (Å²) in [6.07, 6.45) is 1.37. The van der Waals surface area contributed by atoms with Crippen LogP contribution >= 0.6 is 23.2 Å². The molecule has 0 spiro atoms. The van der Waals surface area contributed by atoms with Crippen molar-refractivity contribution in [2.24, 2.45) is 0 Å². The van der Waals surface area contributed by atoms with Gasteiger partial charge < -0.3 is 10.2 Å². The largest absolute Gasteiger partial charge is 0.505 e. The number of hydrogen-bond acceptors (Lipinski definition) is 2. The van der Waals surface area contributed by atoms with Crippen LogP contribution in [-0.2, 0) is 6.42 Å². The first-order chi connectivity index (χ1) is 6.15. The Balaban J connectivity index is 2.86. The van der Waals surface area contributed by atoms with Crippen LogP contribution in [0.15, 0.2) is 12.1 Å². The van der Waals surface area contributed by atoms with E-state index >= 15 is 0 Å². The Hall–Kier alpha value is -0.440. The van der Waals surface area contributed by atoms with E-state index in [1.165, 1.54) is 0 Å². The molecule has 13 heavy (non-hydrogen) atoms. The second kappa shape index (κ2) is 4.70. The Bertz CT molecular complexity index is 277. The Morgan fingerprint density at radius 3 is 2.15 bits per heavy atom. The Morgan fingerprint density at radius 2 is 1.69 bits per heavy atom. The van der Waals surface area contributed by atoms with Gasteiger partial charge in [0.15, 0.2) is 5.75 Å². The quantitative estimate of drug-likeness (QED) is 0.823. The number of aliphatic hydroxyl groups excluding tert-OH is 1. The number of aryl methyl sites for hydroxylation is 1. The van der Waals surface area contributed by atoms with Crippen molar-refractivity contribution in [2.45, 2.75) is 12.8 Å². The fourth-order valence-electron chi connectivity index (χ4n) is 1.05. The number of aromatic hydroxyl groups is 1. The van der Waals surface area contributed by atoms with Gasteiger partial charge in [0, 0.05) is 6.61 Å². The minimum atomic E-state index is -0.0870. The zero-order chi connectivity index (χ0) is 9.84. The third-order valence-electron chi connectivity index (χ3n) is 1.70. The molecule has 0 aliphatic carbocycles. The fourth-order valence-corrected chi connectivity index (χ4v) is 1.58. The predicted octanol–water partition coefficient (Wildman–Crippen LogP) is 2.62. The summed E-state index contributed by atoms with van der Waals surface area (Å²) in [7, 11) is 0. The van der Waals surface area contributed by atoms with Crippen LogP contribution in [0.3, 0.4) is 0 Å². The predicted molar refractivity (Wildman–Crippen MR) is 53.5 cm³/mol. The maximum Gasteiger partial charge on any atom is 0.152 e. The van der Waals surface area contributed by atoms with Crippen molar-refractivity contribution in [3.05, 3.63) is 27.7 Å². The van der Waals surface area contributed by atoms with Crippen molar-refractivity contribution >= 4 is 23.2 Å². The van der Waals surface area contributed by atoms with Crippen LogP contribution in [0.4, 0.5) is 0 Å². The average Bonchev–Trinajstić information content (AvgIpc) is 2.10. The van der Waals surface area contributed by atoms with Crippen molar-refractivity contribution < 1.29 is 10.2 Å². The molecule has 72 valence electrons. The number of halogens is 2. The van der Waals surface area contributed by atoms with E-state index in [0.717, 1.165) is 5.56 Å². The number of phenolic OH excluding ortho intramolecular Hbond substituents is 1. The second-order valence-corrected chi connectivity index (χ2v) is 3.55. The van der Waals surface area contributed by atoms with E-state index in [4.69, 9.17) is 28.3 Å². The number of phenols is 1. The summed E-state index contributed by atoms with van der Waals surface area (Å²) in [6.45, 7) is 0.135. The lowest BCUT2D eigenvalue weighted by Gasteiger charge is -2.04. The summed E-state index contributed by atoms with van der Waals surface area (Å²) in [4.78, 5) is 0. The zero-order valence-electron chi connectivity index (χ0n) is 6.93. The molecule has 0 radical (unpaired) electrons. The van der Waals surface area contributed by atoms with Gasteiger partial charge in [-0.3, -0.25) is 0 Å². The molecule has 0 heterocycles. The molecule has 2 nitrogen and oxygen atoms in total. The normalized spacial score (nSPS) is 10.4. The zero-order valence-corrected chi connectivity index (χ0v) is 8.44. The van der Waals surface area contributed by atoms with Crippen LogP contribution in [0.2, 0.25) is 10.0 Å². The van der Waals surface area contributed by atoms with Crippen LogP contribution in [0.5, 0.6) is 5.75 Å². The van der Waals surface area contributed by atoms with Gasteiger partial charge >= 0.3 is 0 Å². The molecule has 0 amide bonds. The highest BCUT2D eigenvalue weighted by Gasteiger charge is 2.05. The molecular weight excluding hydrogens is 211 g/mol. The SMILES string of the molecule is OCCCc1cc(Cl)c(O)c(Cl)c1. The molecule has 0 fully saturated rings. The van der Waals surface area contributed by atoms with Crippen LogP contribution in [0.25, 0.3) is 0 Å². The van der Waals surface area contributed by atoms with Gasteiger partial charge in [-0.15, -0.1) is 0 Å². The summed E-state index contributed by atoms with van der Waals surface area (Å²) < 4.78 is 0. The van der Waals surface area contributed by atoms with Gasteiger partial charge in [0.2, 0.25) is 0 Å². The number of hydrogen-bond donors (Lipinski definition) is 2. The van der Waals surface area contributed by atoms with Crippen LogP contribution in [-0.4, -0.2) is 16.8 Å². The third-order valence-corrected chi connectivity index (χ3v) is 2.28. The van der Waals surface area contributed by atoms with Crippen molar-refractivity contribution in [2.75, 3.05) is 6.61 Å². The highest BCUT2D eigenvalue weighted by atomic mass is 35.5. The number of rotatable bonds is 3. The first-order valence-electron chi connectivity index (χ1n) is 3.93. The standard InChI is InChI=1S/C9H10Cl2O2/c10-7-4-6(2-1-3-12)5-8(11)9(7)13/h4-5,12-13H,1-3H2. The topological polar surface area (TPSA) is 40.5 Å². The smallest absolute Gasteiger partial charge is 0.152 e. The van der Waals surface area contributed by atoms with Gasteiger partial charge in [-0.05, 0) is 30.5 Å². The van der Waals surface area contributed by atoms with Gasteiger partial charge in [-0.1, -0.05) is 23.2 Å². The van der Waals surface area contributed by atoms with Crippen molar-refractivity contribution in [3.63, 3.8) is 0 Å². The molecule has 0 aliphatic heterocycles. The maximum atomic E-state index is 9.24. The summed E-state index contributed by atoms with van der Waals surface area (Å²) >= 11 is 11.4. The molecule has 2 N–H and O–H groups in total. The third kappa shape index (κ3) is 2.76. The highest BCUT2D eigenvalue weighted by molar-refractivity contribution is 6.37. The lowest BCUT2D eigenvalue weighted by atomic mass is 10.1. The summed E-state index contributed by atoms with van der Waals surface area (Å²) in [6, 6.07) is 3.30. The number of aliphatic hydroxyl groups is 1. The van der Waals surface area contributed by atoms with Crippen molar-refractivity contribution in [1.82, 2.24) is 0 Å². The molecule has 0 atom stereocenters. The molecule has 0 aliphatic rings. The lowest BCUT2D eigenvalue weighted by Crippen LogP contribution is -1.89. The second-order valence-electron chi connectivity index (χ2n) is 2.74. The van der Waals surface area contributed by atoms with Crippen LogP contribution in [0, 0.1) is 0 Å². The average molecular weight is 221 g/mol. The maximum absolute atomic E-state index is 9.24. The molecule has 0 unspecified atom stereocenters. The van der Waals surface area contributed by atoms with E-state index in [2.05, 4.69) is 0 Å². The molecule has 1 aromatic rings. The van der Waals surface area contributed by atoms with Crippen LogP contribution < -0.4 is 0 Å². The molecule has 0 saturated carbocycles. The fraction of sp³-hybridized carbons (Fsp3) is 0.333. The van der Waals surface area contributed by atoms with Gasteiger partial charge in [0.1, 0.15) is 0 Å². The summed E-state index contributed by atoms with van der Waals surface area (Å²) in [5.74, 6) is -0.0870.